The molecule has 0 amide bonds. The molecule has 3 nitrogen and oxygen atoms in total. The SMILES string of the molecule is COC(=O)C(C1C=CC(c2ccccc2)=CC1)[C@H]1C=CCCN1. The van der Waals surface area contributed by atoms with E-state index in [4.69, 9.17) is 4.74 Å². The molecule has 0 aromatic heterocycles. The molecule has 0 radical (unpaired) electrons. The monoisotopic (exact) mass is 309 g/mol. The maximum atomic E-state index is 12.3. The van der Waals surface area contributed by atoms with Gasteiger partial charge in [0.25, 0.3) is 0 Å². The van der Waals surface area contributed by atoms with Gasteiger partial charge in [-0.1, -0.05) is 60.7 Å². The van der Waals surface area contributed by atoms with Crippen molar-refractivity contribution in [3.63, 3.8) is 0 Å². The average Bonchev–Trinajstić information content (AvgIpc) is 2.64. The topological polar surface area (TPSA) is 38.3 Å². The molecule has 120 valence electrons. The molecule has 2 aliphatic rings. The molecule has 0 bridgehead atoms. The first-order valence-electron chi connectivity index (χ1n) is 8.21. The summed E-state index contributed by atoms with van der Waals surface area (Å²) >= 11 is 0. The second-order valence-corrected chi connectivity index (χ2v) is 6.03. The lowest BCUT2D eigenvalue weighted by molar-refractivity contribution is -0.147. The van der Waals surface area contributed by atoms with Gasteiger partial charge >= 0.3 is 5.97 Å². The first kappa shape index (κ1) is 15.8. The van der Waals surface area contributed by atoms with Crippen LogP contribution in [0.25, 0.3) is 5.57 Å². The molecule has 1 heterocycles. The van der Waals surface area contributed by atoms with Crippen LogP contribution in [0.15, 0.2) is 60.7 Å². The molecule has 3 heteroatoms. The van der Waals surface area contributed by atoms with Crippen molar-refractivity contribution < 1.29 is 9.53 Å². The Bertz CT molecular complexity index is 630. The van der Waals surface area contributed by atoms with Gasteiger partial charge in [-0.2, -0.15) is 0 Å². The Hall–Kier alpha value is -2.13. The smallest absolute Gasteiger partial charge is 0.311 e. The summed E-state index contributed by atoms with van der Waals surface area (Å²) in [7, 11) is 1.47. The van der Waals surface area contributed by atoms with Crippen molar-refractivity contribution in [3.8, 4) is 0 Å². The van der Waals surface area contributed by atoms with Gasteiger partial charge in [-0.3, -0.25) is 4.79 Å². The number of benzene rings is 1. The molecule has 3 atom stereocenters. The lowest BCUT2D eigenvalue weighted by atomic mass is 9.79. The van der Waals surface area contributed by atoms with Crippen LogP contribution in [-0.4, -0.2) is 25.7 Å². The highest BCUT2D eigenvalue weighted by molar-refractivity contribution is 5.77. The van der Waals surface area contributed by atoms with E-state index in [0.29, 0.717) is 0 Å². The molecule has 3 rings (SSSR count). The van der Waals surface area contributed by atoms with Gasteiger partial charge in [-0.05, 0) is 36.4 Å². The van der Waals surface area contributed by atoms with Crippen LogP contribution in [0.2, 0.25) is 0 Å². The summed E-state index contributed by atoms with van der Waals surface area (Å²) in [5, 5.41) is 3.43. The van der Waals surface area contributed by atoms with E-state index in [1.165, 1.54) is 18.2 Å². The van der Waals surface area contributed by atoms with E-state index in [0.717, 1.165) is 19.4 Å². The van der Waals surface area contributed by atoms with E-state index in [2.05, 4.69) is 47.8 Å². The van der Waals surface area contributed by atoms with Crippen molar-refractivity contribution in [2.75, 3.05) is 13.7 Å². The van der Waals surface area contributed by atoms with Crippen LogP contribution in [-0.2, 0) is 9.53 Å². The molecule has 0 saturated heterocycles. The van der Waals surface area contributed by atoms with E-state index >= 15 is 0 Å². The zero-order chi connectivity index (χ0) is 16.1. The molecule has 0 spiro atoms. The molecule has 1 N–H and O–H groups in total. The van der Waals surface area contributed by atoms with Crippen molar-refractivity contribution in [3.05, 3.63) is 66.3 Å². The zero-order valence-corrected chi connectivity index (χ0v) is 13.4. The minimum atomic E-state index is -0.179. The third-order valence-electron chi connectivity index (χ3n) is 4.60. The summed E-state index contributed by atoms with van der Waals surface area (Å²) in [6.45, 7) is 0.913. The highest BCUT2D eigenvalue weighted by Gasteiger charge is 2.34. The summed E-state index contributed by atoms with van der Waals surface area (Å²) in [6.07, 6.45) is 12.6. The maximum absolute atomic E-state index is 12.3. The minimum absolute atomic E-state index is 0.0533. The Labute approximate surface area is 137 Å². The number of hydrogen-bond donors (Lipinski definition) is 1. The number of allylic oxidation sites excluding steroid dienone is 4. The lowest BCUT2D eigenvalue weighted by Crippen LogP contribution is -2.44. The van der Waals surface area contributed by atoms with Gasteiger partial charge in [0.15, 0.2) is 0 Å². The molecule has 23 heavy (non-hydrogen) atoms. The number of ether oxygens (including phenoxy) is 1. The van der Waals surface area contributed by atoms with E-state index in [-0.39, 0.29) is 23.8 Å². The summed E-state index contributed by atoms with van der Waals surface area (Å²) in [5.41, 5.74) is 2.44. The molecule has 1 aliphatic carbocycles. The summed E-state index contributed by atoms with van der Waals surface area (Å²) in [6, 6.07) is 10.4. The maximum Gasteiger partial charge on any atom is 0.311 e. The Morgan fingerprint density at radius 1 is 1.26 bits per heavy atom. The first-order valence-corrected chi connectivity index (χ1v) is 8.21. The lowest BCUT2D eigenvalue weighted by Gasteiger charge is -2.31. The fourth-order valence-electron chi connectivity index (χ4n) is 3.36. The highest BCUT2D eigenvalue weighted by atomic mass is 16.5. The van der Waals surface area contributed by atoms with E-state index < -0.39 is 0 Å². The number of hydrogen-bond acceptors (Lipinski definition) is 3. The fraction of sp³-hybridized carbons (Fsp3) is 0.350. The standard InChI is InChI=1S/C20H23NO2/c1-23-20(22)19(18-9-5-6-14-21-18)17-12-10-16(11-13-17)15-7-3-2-4-8-15/h2-5,7-12,17-19,21H,6,13-14H2,1H3/t17?,18-,19?/m1/s1. The number of methoxy groups -OCH3 is 1. The number of nitrogens with one attached hydrogen (secondary N) is 1. The van der Waals surface area contributed by atoms with Crippen molar-refractivity contribution in [2.24, 2.45) is 11.8 Å². The van der Waals surface area contributed by atoms with Gasteiger partial charge in [0.05, 0.1) is 13.0 Å². The molecular formula is C20H23NO2. The zero-order valence-electron chi connectivity index (χ0n) is 13.4. The number of esters is 1. The molecule has 0 saturated carbocycles. The predicted molar refractivity (Wildman–Crippen MR) is 92.7 cm³/mol. The molecule has 1 aromatic carbocycles. The molecule has 1 aromatic rings. The van der Waals surface area contributed by atoms with E-state index in [9.17, 15) is 4.79 Å². The van der Waals surface area contributed by atoms with Crippen LogP contribution in [0.1, 0.15) is 18.4 Å². The second-order valence-electron chi connectivity index (χ2n) is 6.03. The molecule has 0 fully saturated rings. The van der Waals surface area contributed by atoms with Crippen LogP contribution in [0, 0.1) is 11.8 Å². The number of carbonyl (C=O) groups excluding carboxylic acids is 1. The minimum Gasteiger partial charge on any atom is -0.469 e. The third kappa shape index (κ3) is 3.62. The molecule has 2 unspecified atom stereocenters. The van der Waals surface area contributed by atoms with Crippen LogP contribution in [0.4, 0.5) is 0 Å². The highest BCUT2D eigenvalue weighted by Crippen LogP contribution is 2.31. The van der Waals surface area contributed by atoms with Crippen molar-refractivity contribution >= 4 is 11.5 Å². The molecular weight excluding hydrogens is 286 g/mol. The fourth-order valence-corrected chi connectivity index (χ4v) is 3.36. The van der Waals surface area contributed by atoms with Crippen LogP contribution in [0.5, 0.6) is 0 Å². The van der Waals surface area contributed by atoms with E-state index in [1.807, 2.05) is 18.2 Å². The van der Waals surface area contributed by atoms with Gasteiger partial charge in [0.1, 0.15) is 0 Å². The largest absolute Gasteiger partial charge is 0.469 e. The normalized spacial score (nSPS) is 24.8. The van der Waals surface area contributed by atoms with Gasteiger partial charge in [0.2, 0.25) is 0 Å². The van der Waals surface area contributed by atoms with Crippen LogP contribution >= 0.6 is 0 Å². The number of carbonyl (C=O) groups is 1. The summed E-state index contributed by atoms with van der Waals surface area (Å²) < 4.78 is 5.06. The van der Waals surface area contributed by atoms with Crippen LogP contribution in [0.3, 0.4) is 0 Å². The Kier molecular flexibility index (Phi) is 5.09. The molecule has 1 aliphatic heterocycles. The predicted octanol–water partition coefficient (Wildman–Crippen LogP) is 3.35. The van der Waals surface area contributed by atoms with Crippen molar-refractivity contribution in [1.29, 1.82) is 0 Å². The van der Waals surface area contributed by atoms with Crippen molar-refractivity contribution in [1.82, 2.24) is 5.32 Å². The summed E-state index contributed by atoms with van der Waals surface area (Å²) in [5.74, 6) is -0.156. The quantitative estimate of drug-likeness (QED) is 0.685. The van der Waals surface area contributed by atoms with Gasteiger partial charge < -0.3 is 10.1 Å². The second kappa shape index (κ2) is 7.42. The Morgan fingerprint density at radius 3 is 2.70 bits per heavy atom. The van der Waals surface area contributed by atoms with Gasteiger partial charge in [0, 0.05) is 6.04 Å². The first-order chi connectivity index (χ1) is 11.3. The number of rotatable bonds is 4. The van der Waals surface area contributed by atoms with Crippen LogP contribution < -0.4 is 5.32 Å². The average molecular weight is 309 g/mol. The Morgan fingerprint density at radius 2 is 2.09 bits per heavy atom. The van der Waals surface area contributed by atoms with Crippen molar-refractivity contribution in [2.45, 2.75) is 18.9 Å². The van der Waals surface area contributed by atoms with Gasteiger partial charge in [-0.15, -0.1) is 0 Å². The third-order valence-corrected chi connectivity index (χ3v) is 4.60. The Balaban J connectivity index is 1.76. The summed E-state index contributed by atoms with van der Waals surface area (Å²) in [4.78, 5) is 12.3. The van der Waals surface area contributed by atoms with E-state index in [1.54, 1.807) is 0 Å². The van der Waals surface area contributed by atoms with Gasteiger partial charge in [-0.25, -0.2) is 0 Å².